The number of rotatable bonds is 7. The molecule has 0 saturated carbocycles. The van der Waals surface area contributed by atoms with Gasteiger partial charge in [0.05, 0.1) is 18.2 Å². The van der Waals surface area contributed by atoms with Crippen molar-refractivity contribution < 1.29 is 19.1 Å². The normalized spacial score (nSPS) is 11.4. The molecule has 0 radical (unpaired) electrons. The van der Waals surface area contributed by atoms with Crippen molar-refractivity contribution in [2.45, 2.75) is 20.0 Å². The Morgan fingerprint density at radius 2 is 2.00 bits per heavy atom. The van der Waals surface area contributed by atoms with E-state index in [1.165, 1.54) is 19.1 Å². The van der Waals surface area contributed by atoms with Crippen LogP contribution in [0.4, 0.5) is 5.69 Å². The monoisotopic (exact) mass is 364 g/mol. The third-order valence-corrected chi connectivity index (χ3v) is 3.54. The van der Waals surface area contributed by atoms with Gasteiger partial charge in [0.25, 0.3) is 5.91 Å². The number of hydrogen-bond acceptors (Lipinski definition) is 5. The molecule has 0 aliphatic carbocycles. The summed E-state index contributed by atoms with van der Waals surface area (Å²) in [5.74, 6) is -0.469. The highest BCUT2D eigenvalue weighted by Gasteiger charge is 2.17. The molecule has 27 heavy (non-hydrogen) atoms. The van der Waals surface area contributed by atoms with Crippen molar-refractivity contribution >= 4 is 23.6 Å². The number of nitrogens with zero attached hydrogens (tertiary/aromatic N) is 1. The molecule has 0 aliphatic rings. The Hall–Kier alpha value is -3.59. The molecule has 0 saturated heterocycles. The van der Waals surface area contributed by atoms with Gasteiger partial charge in [-0.3, -0.25) is 4.79 Å². The largest absolute Gasteiger partial charge is 0.493 e. The van der Waals surface area contributed by atoms with Crippen molar-refractivity contribution in [3.63, 3.8) is 0 Å². The lowest BCUT2D eigenvalue weighted by Gasteiger charge is -2.12. The maximum Gasteiger partial charge on any atom is 0.331 e. The number of amides is 1. The van der Waals surface area contributed by atoms with Gasteiger partial charge in [0, 0.05) is 17.3 Å². The molecule has 2 aromatic carbocycles. The molecule has 138 valence electrons. The molecule has 0 aromatic heterocycles. The molecule has 2 rings (SSSR count). The van der Waals surface area contributed by atoms with Crippen molar-refractivity contribution in [3.05, 3.63) is 65.7 Å². The lowest BCUT2D eigenvalue weighted by atomic mass is 10.2. The molecule has 0 unspecified atom stereocenters. The smallest absolute Gasteiger partial charge is 0.331 e. The standard InChI is InChI=1S/C21H20N2O4/c1-3-26-19-10-5-4-8-17(19)11-12-20(24)27-15(2)21(25)23-18-9-6-7-16(13-18)14-22/h4-13,15H,3H2,1-2H3,(H,23,25)/b12-11+/t15-/m0/s1. The van der Waals surface area contributed by atoms with Crippen LogP contribution in [0, 0.1) is 11.3 Å². The van der Waals surface area contributed by atoms with Gasteiger partial charge in [-0.25, -0.2) is 4.79 Å². The van der Waals surface area contributed by atoms with Gasteiger partial charge in [0.1, 0.15) is 5.75 Å². The number of nitriles is 1. The number of benzene rings is 2. The molecule has 1 atom stereocenters. The Morgan fingerprint density at radius 3 is 2.74 bits per heavy atom. The zero-order valence-corrected chi connectivity index (χ0v) is 15.1. The zero-order valence-electron chi connectivity index (χ0n) is 15.1. The number of carbonyl (C=O) groups excluding carboxylic acids is 2. The van der Waals surface area contributed by atoms with E-state index in [-0.39, 0.29) is 0 Å². The fourth-order valence-corrected chi connectivity index (χ4v) is 2.24. The molecule has 2 aromatic rings. The summed E-state index contributed by atoms with van der Waals surface area (Å²) in [6, 6.07) is 15.8. The van der Waals surface area contributed by atoms with Crippen LogP contribution in [0.15, 0.2) is 54.6 Å². The number of anilines is 1. The number of hydrogen-bond donors (Lipinski definition) is 1. The molecule has 6 nitrogen and oxygen atoms in total. The second-order valence-electron chi connectivity index (χ2n) is 5.57. The molecule has 0 spiro atoms. The van der Waals surface area contributed by atoms with E-state index in [9.17, 15) is 9.59 Å². The fourth-order valence-electron chi connectivity index (χ4n) is 2.24. The van der Waals surface area contributed by atoms with Crippen molar-refractivity contribution in [3.8, 4) is 11.8 Å². The van der Waals surface area contributed by atoms with Gasteiger partial charge in [0.2, 0.25) is 0 Å². The van der Waals surface area contributed by atoms with Crippen molar-refractivity contribution in [1.82, 2.24) is 0 Å². The summed E-state index contributed by atoms with van der Waals surface area (Å²) in [6.07, 6.45) is 1.83. The fraction of sp³-hybridized carbons (Fsp3) is 0.190. The highest BCUT2D eigenvalue weighted by Crippen LogP contribution is 2.19. The first-order chi connectivity index (χ1) is 13.0. The summed E-state index contributed by atoms with van der Waals surface area (Å²) in [6.45, 7) is 3.87. The predicted molar refractivity (Wildman–Crippen MR) is 102 cm³/mol. The van der Waals surface area contributed by atoms with Crippen LogP contribution in [-0.2, 0) is 14.3 Å². The van der Waals surface area contributed by atoms with E-state index in [2.05, 4.69) is 5.32 Å². The first kappa shape index (κ1) is 19.7. The third-order valence-electron chi connectivity index (χ3n) is 3.54. The maximum atomic E-state index is 12.1. The average Bonchev–Trinajstić information content (AvgIpc) is 2.67. The number of ether oxygens (including phenoxy) is 2. The van der Waals surface area contributed by atoms with Crippen LogP contribution in [0.25, 0.3) is 6.08 Å². The highest BCUT2D eigenvalue weighted by molar-refractivity contribution is 5.96. The molecule has 0 fully saturated rings. The van der Waals surface area contributed by atoms with E-state index in [0.717, 1.165) is 5.56 Å². The number of nitrogens with one attached hydrogen (secondary N) is 1. The van der Waals surface area contributed by atoms with Gasteiger partial charge in [0.15, 0.2) is 6.10 Å². The van der Waals surface area contributed by atoms with Crippen molar-refractivity contribution in [2.75, 3.05) is 11.9 Å². The summed E-state index contributed by atoms with van der Waals surface area (Å²) in [5.41, 5.74) is 1.62. The van der Waals surface area contributed by atoms with Crippen molar-refractivity contribution in [1.29, 1.82) is 5.26 Å². The first-order valence-electron chi connectivity index (χ1n) is 8.45. The molecule has 6 heteroatoms. The van der Waals surface area contributed by atoms with Crippen LogP contribution in [0.2, 0.25) is 0 Å². The Bertz CT molecular complexity index is 884. The Labute approximate surface area is 158 Å². The van der Waals surface area contributed by atoms with E-state index >= 15 is 0 Å². The minimum atomic E-state index is -0.991. The van der Waals surface area contributed by atoms with E-state index in [0.29, 0.717) is 23.6 Å². The van der Waals surface area contributed by atoms with Crippen molar-refractivity contribution in [2.24, 2.45) is 0 Å². The van der Waals surface area contributed by atoms with Crippen LogP contribution in [0.3, 0.4) is 0 Å². The topological polar surface area (TPSA) is 88.4 Å². The molecule has 1 amide bonds. The predicted octanol–water partition coefficient (Wildman–Crippen LogP) is 3.54. The lowest BCUT2D eigenvalue weighted by molar-refractivity contribution is -0.148. The number of para-hydroxylation sites is 1. The van der Waals surface area contributed by atoms with E-state index in [4.69, 9.17) is 14.7 Å². The summed E-state index contributed by atoms with van der Waals surface area (Å²) < 4.78 is 10.6. The first-order valence-corrected chi connectivity index (χ1v) is 8.45. The third kappa shape index (κ3) is 6.01. The Balaban J connectivity index is 1.94. The number of esters is 1. The van der Waals surface area contributed by atoms with Gasteiger partial charge in [-0.1, -0.05) is 24.3 Å². The van der Waals surface area contributed by atoms with Crippen LogP contribution in [0.5, 0.6) is 5.75 Å². The van der Waals surface area contributed by atoms with Crippen LogP contribution >= 0.6 is 0 Å². The Morgan fingerprint density at radius 1 is 1.22 bits per heavy atom. The summed E-state index contributed by atoms with van der Waals surface area (Å²) >= 11 is 0. The van der Waals surface area contributed by atoms with Gasteiger partial charge in [-0.15, -0.1) is 0 Å². The maximum absolute atomic E-state index is 12.1. The van der Waals surface area contributed by atoms with Gasteiger partial charge in [-0.2, -0.15) is 5.26 Å². The molecular weight excluding hydrogens is 344 g/mol. The number of carbonyl (C=O) groups is 2. The minimum Gasteiger partial charge on any atom is -0.493 e. The second-order valence-corrected chi connectivity index (χ2v) is 5.57. The van der Waals surface area contributed by atoms with Gasteiger partial charge >= 0.3 is 5.97 Å². The average molecular weight is 364 g/mol. The molecule has 1 N–H and O–H groups in total. The molecule has 0 aliphatic heterocycles. The lowest BCUT2D eigenvalue weighted by Crippen LogP contribution is -2.29. The SMILES string of the molecule is CCOc1ccccc1/C=C/C(=O)O[C@@H](C)C(=O)Nc1cccc(C#N)c1. The van der Waals surface area contributed by atoms with Gasteiger partial charge in [-0.05, 0) is 44.2 Å². The van der Waals surface area contributed by atoms with E-state index in [1.54, 1.807) is 30.3 Å². The quantitative estimate of drug-likeness (QED) is 0.600. The molecule has 0 heterocycles. The summed E-state index contributed by atoms with van der Waals surface area (Å²) in [5, 5.41) is 11.5. The Kier molecular flexibility index (Phi) is 7.15. The molecule has 0 bridgehead atoms. The van der Waals surface area contributed by atoms with Crippen LogP contribution in [-0.4, -0.2) is 24.6 Å². The summed E-state index contributed by atoms with van der Waals surface area (Å²) in [7, 11) is 0. The van der Waals surface area contributed by atoms with E-state index in [1.807, 2.05) is 31.2 Å². The molecular formula is C21H20N2O4. The highest BCUT2D eigenvalue weighted by atomic mass is 16.5. The summed E-state index contributed by atoms with van der Waals surface area (Å²) in [4.78, 5) is 24.1. The van der Waals surface area contributed by atoms with Crippen LogP contribution in [0.1, 0.15) is 25.0 Å². The second kappa shape index (κ2) is 9.78. The van der Waals surface area contributed by atoms with Gasteiger partial charge < -0.3 is 14.8 Å². The van der Waals surface area contributed by atoms with E-state index < -0.39 is 18.0 Å². The zero-order chi connectivity index (χ0) is 19.6. The minimum absolute atomic E-state index is 0.424. The van der Waals surface area contributed by atoms with Crippen LogP contribution < -0.4 is 10.1 Å².